The van der Waals surface area contributed by atoms with Crippen LogP contribution in [0.25, 0.3) is 0 Å². The Morgan fingerprint density at radius 3 is 2.28 bits per heavy atom. The maximum atomic E-state index is 13.8. The fraction of sp³-hybridized carbons (Fsp3) is 0.143. The van der Waals surface area contributed by atoms with Gasteiger partial charge in [-0.05, 0) is 36.8 Å². The zero-order chi connectivity index (χ0) is 13.3. The van der Waals surface area contributed by atoms with Gasteiger partial charge in [0.05, 0.1) is 6.04 Å². The summed E-state index contributed by atoms with van der Waals surface area (Å²) < 4.78 is 15.6. The molecule has 2 aromatic rings. The molecule has 0 aliphatic carbocycles. The third-order valence-corrected chi connectivity index (χ3v) is 3.65. The van der Waals surface area contributed by atoms with Crippen molar-refractivity contribution in [2.75, 3.05) is 0 Å². The third kappa shape index (κ3) is 2.99. The van der Waals surface area contributed by atoms with Crippen molar-refractivity contribution in [1.82, 2.24) is 0 Å². The van der Waals surface area contributed by atoms with Gasteiger partial charge in [-0.1, -0.05) is 49.6 Å². The van der Waals surface area contributed by atoms with Crippen LogP contribution >= 0.6 is 31.9 Å². The van der Waals surface area contributed by atoms with Crippen LogP contribution in [0.2, 0.25) is 0 Å². The summed E-state index contributed by atoms with van der Waals surface area (Å²) in [7, 11) is 0. The second kappa shape index (κ2) is 5.51. The number of nitrogens with two attached hydrogens (primary N) is 1. The predicted molar refractivity (Wildman–Crippen MR) is 79.0 cm³/mol. The SMILES string of the molecule is Cc1ccc(F)c(C(N)c2cc(Br)cc(Br)c2)c1. The van der Waals surface area contributed by atoms with E-state index in [4.69, 9.17) is 5.73 Å². The minimum absolute atomic E-state index is 0.274. The van der Waals surface area contributed by atoms with Crippen molar-refractivity contribution in [3.63, 3.8) is 0 Å². The van der Waals surface area contributed by atoms with Crippen molar-refractivity contribution < 1.29 is 4.39 Å². The second-order valence-corrected chi connectivity index (χ2v) is 6.04. The molecule has 0 saturated heterocycles. The lowest BCUT2D eigenvalue weighted by Crippen LogP contribution is -2.14. The van der Waals surface area contributed by atoms with Crippen LogP contribution < -0.4 is 5.73 Å². The summed E-state index contributed by atoms with van der Waals surface area (Å²) in [5.41, 5.74) is 8.51. The fourth-order valence-corrected chi connectivity index (χ4v) is 3.16. The molecule has 0 heterocycles. The first kappa shape index (κ1) is 13.7. The average molecular weight is 373 g/mol. The summed E-state index contributed by atoms with van der Waals surface area (Å²) in [5.74, 6) is -0.274. The molecule has 0 saturated carbocycles. The lowest BCUT2D eigenvalue weighted by Gasteiger charge is -2.15. The van der Waals surface area contributed by atoms with Gasteiger partial charge in [-0.2, -0.15) is 0 Å². The van der Waals surface area contributed by atoms with E-state index < -0.39 is 6.04 Å². The molecule has 4 heteroatoms. The highest BCUT2D eigenvalue weighted by Gasteiger charge is 2.14. The molecule has 2 rings (SSSR count). The van der Waals surface area contributed by atoms with Crippen molar-refractivity contribution in [2.24, 2.45) is 5.73 Å². The van der Waals surface area contributed by atoms with Gasteiger partial charge < -0.3 is 5.73 Å². The standard InChI is InChI=1S/C14H12Br2FN/c1-8-2-3-13(17)12(4-8)14(18)9-5-10(15)7-11(16)6-9/h2-7,14H,18H2,1H3. The van der Waals surface area contributed by atoms with Gasteiger partial charge in [0.15, 0.2) is 0 Å². The van der Waals surface area contributed by atoms with E-state index in [0.29, 0.717) is 5.56 Å². The van der Waals surface area contributed by atoms with Gasteiger partial charge in [-0.3, -0.25) is 0 Å². The van der Waals surface area contributed by atoms with Crippen LogP contribution in [0.15, 0.2) is 45.3 Å². The summed E-state index contributed by atoms with van der Waals surface area (Å²) in [6.45, 7) is 1.92. The predicted octanol–water partition coefficient (Wildman–Crippen LogP) is 4.71. The Kier molecular flexibility index (Phi) is 4.20. The molecule has 0 aliphatic heterocycles. The van der Waals surface area contributed by atoms with Crippen LogP contribution in [-0.4, -0.2) is 0 Å². The molecule has 94 valence electrons. The molecule has 2 aromatic carbocycles. The van der Waals surface area contributed by atoms with Gasteiger partial charge >= 0.3 is 0 Å². The first-order chi connectivity index (χ1) is 8.47. The van der Waals surface area contributed by atoms with E-state index in [9.17, 15) is 4.39 Å². The molecular formula is C14H12Br2FN. The largest absolute Gasteiger partial charge is 0.320 e. The van der Waals surface area contributed by atoms with Crippen LogP contribution in [0.5, 0.6) is 0 Å². The molecule has 0 amide bonds. The Bertz CT molecular complexity index is 564. The van der Waals surface area contributed by atoms with E-state index in [1.807, 2.05) is 25.1 Å². The van der Waals surface area contributed by atoms with Crippen LogP contribution in [0, 0.1) is 12.7 Å². The molecule has 0 radical (unpaired) electrons. The van der Waals surface area contributed by atoms with Gasteiger partial charge in [0.1, 0.15) is 5.82 Å². The lowest BCUT2D eigenvalue weighted by atomic mass is 9.98. The summed E-state index contributed by atoms with van der Waals surface area (Å²) in [5, 5.41) is 0. The topological polar surface area (TPSA) is 26.0 Å². The highest BCUT2D eigenvalue weighted by atomic mass is 79.9. The van der Waals surface area contributed by atoms with Crippen molar-refractivity contribution >= 4 is 31.9 Å². The van der Waals surface area contributed by atoms with Crippen LogP contribution in [0.1, 0.15) is 22.7 Å². The number of hydrogen-bond acceptors (Lipinski definition) is 1. The van der Waals surface area contributed by atoms with Crippen LogP contribution in [0.4, 0.5) is 4.39 Å². The maximum Gasteiger partial charge on any atom is 0.128 e. The summed E-state index contributed by atoms with van der Waals surface area (Å²) in [6.07, 6.45) is 0. The van der Waals surface area contributed by atoms with E-state index in [2.05, 4.69) is 31.9 Å². The van der Waals surface area contributed by atoms with Crippen molar-refractivity contribution in [3.05, 3.63) is 67.9 Å². The van der Waals surface area contributed by atoms with Gasteiger partial charge in [-0.25, -0.2) is 4.39 Å². The zero-order valence-electron chi connectivity index (χ0n) is 9.75. The number of hydrogen-bond donors (Lipinski definition) is 1. The summed E-state index contributed by atoms with van der Waals surface area (Å²) >= 11 is 6.82. The molecule has 0 spiro atoms. The van der Waals surface area contributed by atoms with Gasteiger partial charge in [0.2, 0.25) is 0 Å². The van der Waals surface area contributed by atoms with E-state index in [-0.39, 0.29) is 5.82 Å². The van der Waals surface area contributed by atoms with E-state index in [1.165, 1.54) is 6.07 Å². The minimum Gasteiger partial charge on any atom is -0.320 e. The number of halogens is 3. The van der Waals surface area contributed by atoms with Crippen molar-refractivity contribution in [3.8, 4) is 0 Å². The first-order valence-corrected chi connectivity index (χ1v) is 7.03. The van der Waals surface area contributed by atoms with Crippen molar-refractivity contribution in [1.29, 1.82) is 0 Å². The lowest BCUT2D eigenvalue weighted by molar-refractivity contribution is 0.599. The maximum absolute atomic E-state index is 13.8. The molecule has 1 unspecified atom stereocenters. The van der Waals surface area contributed by atoms with Gasteiger partial charge in [0, 0.05) is 14.5 Å². The Morgan fingerprint density at radius 2 is 1.67 bits per heavy atom. The molecule has 0 aromatic heterocycles. The van der Waals surface area contributed by atoms with Gasteiger partial charge in [0.25, 0.3) is 0 Å². The Morgan fingerprint density at radius 1 is 1.06 bits per heavy atom. The second-order valence-electron chi connectivity index (χ2n) is 4.21. The molecule has 2 N–H and O–H groups in total. The van der Waals surface area contributed by atoms with Crippen LogP contribution in [-0.2, 0) is 0 Å². The number of rotatable bonds is 2. The molecule has 1 atom stereocenters. The van der Waals surface area contributed by atoms with Crippen LogP contribution in [0.3, 0.4) is 0 Å². The number of benzene rings is 2. The summed E-state index contributed by atoms with van der Waals surface area (Å²) in [4.78, 5) is 0. The zero-order valence-corrected chi connectivity index (χ0v) is 12.9. The molecule has 0 aliphatic rings. The molecule has 1 nitrogen and oxygen atoms in total. The van der Waals surface area contributed by atoms with E-state index >= 15 is 0 Å². The smallest absolute Gasteiger partial charge is 0.128 e. The van der Waals surface area contributed by atoms with E-state index in [0.717, 1.165) is 20.1 Å². The average Bonchev–Trinajstić information content (AvgIpc) is 2.30. The molecule has 0 fully saturated rings. The highest BCUT2D eigenvalue weighted by molar-refractivity contribution is 9.11. The third-order valence-electron chi connectivity index (χ3n) is 2.73. The monoisotopic (exact) mass is 371 g/mol. The molecule has 0 bridgehead atoms. The van der Waals surface area contributed by atoms with Gasteiger partial charge in [-0.15, -0.1) is 0 Å². The normalized spacial score (nSPS) is 12.5. The Balaban J connectivity index is 2.47. The summed E-state index contributed by atoms with van der Waals surface area (Å²) in [6, 6.07) is 10.2. The minimum atomic E-state index is -0.473. The Hall–Kier alpha value is -0.710. The number of aryl methyl sites for hydroxylation is 1. The van der Waals surface area contributed by atoms with Crippen molar-refractivity contribution in [2.45, 2.75) is 13.0 Å². The highest BCUT2D eigenvalue weighted by Crippen LogP contribution is 2.28. The molecular weight excluding hydrogens is 361 g/mol. The fourth-order valence-electron chi connectivity index (χ4n) is 1.84. The molecule has 18 heavy (non-hydrogen) atoms. The van der Waals surface area contributed by atoms with E-state index in [1.54, 1.807) is 12.1 Å². The quantitative estimate of drug-likeness (QED) is 0.811. The Labute approximate surface area is 122 Å². The first-order valence-electron chi connectivity index (χ1n) is 5.45.